The molecule has 0 atom stereocenters. The molecule has 2 aromatic rings. The molecule has 1 N–H and O–H groups in total. The van der Waals surface area contributed by atoms with Crippen molar-refractivity contribution in [2.45, 2.75) is 20.3 Å². The summed E-state index contributed by atoms with van der Waals surface area (Å²) in [5.74, 6) is 1.11. The smallest absolute Gasteiger partial charge is 0.113 e. The number of aryl methyl sites for hydroxylation is 2. The molecule has 1 heterocycles. The van der Waals surface area contributed by atoms with E-state index >= 15 is 0 Å². The van der Waals surface area contributed by atoms with Crippen LogP contribution in [0.2, 0.25) is 0 Å². The standard InChI is InChI=1S/C13H17N3/c1-4-13-15-10(2)9-16(13)12-7-5-11(14-3)6-8-12/h5-9,14H,4H2,1-3H3. The summed E-state index contributed by atoms with van der Waals surface area (Å²) in [6, 6.07) is 8.35. The van der Waals surface area contributed by atoms with Gasteiger partial charge in [-0.05, 0) is 31.2 Å². The minimum Gasteiger partial charge on any atom is -0.388 e. The number of anilines is 1. The summed E-state index contributed by atoms with van der Waals surface area (Å²) >= 11 is 0. The number of hydrogen-bond donors (Lipinski definition) is 1. The van der Waals surface area contributed by atoms with Gasteiger partial charge in [-0.15, -0.1) is 0 Å². The van der Waals surface area contributed by atoms with Crippen LogP contribution in [0.4, 0.5) is 5.69 Å². The molecule has 0 amide bonds. The first-order chi connectivity index (χ1) is 7.74. The predicted molar refractivity (Wildman–Crippen MR) is 67.2 cm³/mol. The summed E-state index contributed by atoms with van der Waals surface area (Å²) in [4.78, 5) is 4.50. The third kappa shape index (κ3) is 1.94. The third-order valence-electron chi connectivity index (χ3n) is 2.65. The maximum atomic E-state index is 4.50. The fourth-order valence-electron chi connectivity index (χ4n) is 1.81. The van der Waals surface area contributed by atoms with E-state index in [1.54, 1.807) is 0 Å². The lowest BCUT2D eigenvalue weighted by Crippen LogP contribution is -1.99. The summed E-state index contributed by atoms with van der Waals surface area (Å²) < 4.78 is 2.15. The van der Waals surface area contributed by atoms with Crippen molar-refractivity contribution in [1.82, 2.24) is 9.55 Å². The van der Waals surface area contributed by atoms with Gasteiger partial charge in [-0.3, -0.25) is 0 Å². The van der Waals surface area contributed by atoms with Gasteiger partial charge >= 0.3 is 0 Å². The number of nitrogens with zero attached hydrogens (tertiary/aromatic N) is 2. The van der Waals surface area contributed by atoms with Gasteiger partial charge in [0.15, 0.2) is 0 Å². The van der Waals surface area contributed by atoms with Crippen LogP contribution in [-0.4, -0.2) is 16.6 Å². The molecule has 84 valence electrons. The summed E-state index contributed by atoms with van der Waals surface area (Å²) in [7, 11) is 1.92. The number of aromatic nitrogens is 2. The number of imidazole rings is 1. The van der Waals surface area contributed by atoms with E-state index in [1.807, 2.05) is 14.0 Å². The van der Waals surface area contributed by atoms with Crippen LogP contribution in [0.25, 0.3) is 5.69 Å². The van der Waals surface area contributed by atoms with E-state index in [-0.39, 0.29) is 0 Å². The lowest BCUT2D eigenvalue weighted by Gasteiger charge is -2.07. The second kappa shape index (κ2) is 4.39. The van der Waals surface area contributed by atoms with Crippen molar-refractivity contribution in [3.63, 3.8) is 0 Å². The van der Waals surface area contributed by atoms with Gasteiger partial charge in [0.05, 0.1) is 5.69 Å². The first-order valence-corrected chi connectivity index (χ1v) is 5.57. The second-order valence-electron chi connectivity index (χ2n) is 3.82. The molecule has 1 aromatic heterocycles. The molecule has 3 nitrogen and oxygen atoms in total. The van der Waals surface area contributed by atoms with Crippen LogP contribution in [0.3, 0.4) is 0 Å². The van der Waals surface area contributed by atoms with Crippen molar-refractivity contribution in [2.24, 2.45) is 0 Å². The average Bonchev–Trinajstić information content (AvgIpc) is 2.70. The SMILES string of the molecule is CCc1nc(C)cn1-c1ccc(NC)cc1. The fraction of sp³-hybridized carbons (Fsp3) is 0.308. The molecule has 0 radical (unpaired) electrons. The van der Waals surface area contributed by atoms with Gasteiger partial charge in [-0.1, -0.05) is 6.92 Å². The molecule has 2 rings (SSSR count). The molecule has 16 heavy (non-hydrogen) atoms. The average molecular weight is 215 g/mol. The van der Waals surface area contributed by atoms with Gasteiger partial charge in [-0.25, -0.2) is 4.98 Å². The van der Waals surface area contributed by atoms with Crippen LogP contribution in [0, 0.1) is 6.92 Å². The molecule has 0 aliphatic carbocycles. The van der Waals surface area contributed by atoms with E-state index in [9.17, 15) is 0 Å². The molecule has 0 saturated carbocycles. The van der Waals surface area contributed by atoms with Gasteiger partial charge in [0.1, 0.15) is 5.82 Å². The molecule has 0 fully saturated rings. The molecule has 0 aliphatic rings. The van der Waals surface area contributed by atoms with Gasteiger partial charge in [0.2, 0.25) is 0 Å². The highest BCUT2D eigenvalue weighted by Crippen LogP contribution is 2.16. The first-order valence-electron chi connectivity index (χ1n) is 5.57. The van der Waals surface area contributed by atoms with Crippen molar-refractivity contribution in [3.8, 4) is 5.69 Å². The minimum atomic E-state index is 0.946. The Morgan fingerprint density at radius 2 is 1.94 bits per heavy atom. The number of rotatable bonds is 3. The van der Waals surface area contributed by atoms with Crippen molar-refractivity contribution in [3.05, 3.63) is 42.0 Å². The van der Waals surface area contributed by atoms with Gasteiger partial charge in [0, 0.05) is 31.0 Å². The normalized spacial score (nSPS) is 10.4. The van der Waals surface area contributed by atoms with E-state index in [0.29, 0.717) is 0 Å². The summed E-state index contributed by atoms with van der Waals surface area (Å²) in [5, 5.41) is 3.11. The number of benzene rings is 1. The summed E-state index contributed by atoms with van der Waals surface area (Å²) in [5.41, 5.74) is 3.35. The van der Waals surface area contributed by atoms with E-state index < -0.39 is 0 Å². The van der Waals surface area contributed by atoms with Crippen molar-refractivity contribution in [1.29, 1.82) is 0 Å². The largest absolute Gasteiger partial charge is 0.388 e. The zero-order chi connectivity index (χ0) is 11.5. The fourth-order valence-corrected chi connectivity index (χ4v) is 1.81. The van der Waals surface area contributed by atoms with Crippen LogP contribution in [0.15, 0.2) is 30.5 Å². The molecule has 0 spiro atoms. The van der Waals surface area contributed by atoms with Crippen LogP contribution in [0.5, 0.6) is 0 Å². The monoisotopic (exact) mass is 215 g/mol. The number of hydrogen-bond acceptors (Lipinski definition) is 2. The predicted octanol–water partition coefficient (Wildman–Crippen LogP) is 2.78. The van der Waals surface area contributed by atoms with Crippen molar-refractivity contribution >= 4 is 5.69 Å². The quantitative estimate of drug-likeness (QED) is 0.853. The van der Waals surface area contributed by atoms with Crippen molar-refractivity contribution < 1.29 is 0 Å². The molecule has 0 aliphatic heterocycles. The Bertz CT molecular complexity index is 468. The first kappa shape index (κ1) is 10.7. The highest BCUT2D eigenvalue weighted by molar-refractivity contribution is 5.48. The van der Waals surface area contributed by atoms with Gasteiger partial charge in [-0.2, -0.15) is 0 Å². The Kier molecular flexibility index (Phi) is 2.95. The van der Waals surface area contributed by atoms with Crippen LogP contribution in [-0.2, 0) is 6.42 Å². The van der Waals surface area contributed by atoms with Crippen molar-refractivity contribution in [2.75, 3.05) is 12.4 Å². The highest BCUT2D eigenvalue weighted by Gasteiger charge is 2.05. The molecule has 3 heteroatoms. The van der Waals surface area contributed by atoms with Gasteiger partial charge in [0.25, 0.3) is 0 Å². The molecule has 0 unspecified atom stereocenters. The summed E-state index contributed by atoms with van der Waals surface area (Å²) in [6.07, 6.45) is 3.02. The van der Waals surface area contributed by atoms with Crippen LogP contribution >= 0.6 is 0 Å². The zero-order valence-electron chi connectivity index (χ0n) is 9.99. The Hall–Kier alpha value is -1.77. The second-order valence-corrected chi connectivity index (χ2v) is 3.82. The Labute approximate surface area is 96.1 Å². The van der Waals surface area contributed by atoms with E-state index in [1.165, 1.54) is 0 Å². The van der Waals surface area contributed by atoms with Gasteiger partial charge < -0.3 is 9.88 Å². The number of nitrogens with one attached hydrogen (secondary N) is 1. The van der Waals surface area contributed by atoms with Crippen LogP contribution in [0.1, 0.15) is 18.4 Å². The third-order valence-corrected chi connectivity index (χ3v) is 2.65. The van der Waals surface area contributed by atoms with E-state index in [0.717, 1.165) is 29.3 Å². The highest BCUT2D eigenvalue weighted by atomic mass is 15.1. The molecule has 1 aromatic carbocycles. The maximum Gasteiger partial charge on any atom is 0.113 e. The molecule has 0 bridgehead atoms. The van der Waals surface area contributed by atoms with E-state index in [2.05, 4.69) is 52.3 Å². The van der Waals surface area contributed by atoms with E-state index in [4.69, 9.17) is 0 Å². The maximum absolute atomic E-state index is 4.50. The molecule has 0 saturated heterocycles. The minimum absolute atomic E-state index is 0.946. The lowest BCUT2D eigenvalue weighted by atomic mass is 10.2. The molecular formula is C13H17N3. The Morgan fingerprint density at radius 3 is 2.50 bits per heavy atom. The van der Waals surface area contributed by atoms with Crippen LogP contribution < -0.4 is 5.32 Å². The lowest BCUT2D eigenvalue weighted by molar-refractivity contribution is 0.890. The molecular weight excluding hydrogens is 198 g/mol. The zero-order valence-corrected chi connectivity index (χ0v) is 9.99. The summed E-state index contributed by atoms with van der Waals surface area (Å²) in [6.45, 7) is 4.15. The Morgan fingerprint density at radius 1 is 1.25 bits per heavy atom. The topological polar surface area (TPSA) is 29.9 Å². The Balaban J connectivity index is 2.41.